The number of anilines is 1. The van der Waals surface area contributed by atoms with E-state index in [0.717, 1.165) is 9.21 Å². The number of hydrogen-bond donors (Lipinski definition) is 1. The summed E-state index contributed by atoms with van der Waals surface area (Å²) >= 11 is 7.32. The molecule has 0 saturated heterocycles. The Balaban J connectivity index is 2.24. The van der Waals surface area contributed by atoms with Crippen LogP contribution in [-0.2, 0) is 6.54 Å². The average molecular weight is 274 g/mol. The standard InChI is InChI=1S/C13H8ClN3S/c14-12-5-4-11(18-12)8-17-13-9(6-15)2-1-3-10(13)7-16/h1-5,17H,8H2. The summed E-state index contributed by atoms with van der Waals surface area (Å²) in [4.78, 5) is 1.05. The summed E-state index contributed by atoms with van der Waals surface area (Å²) < 4.78 is 0.723. The van der Waals surface area contributed by atoms with Crippen molar-refractivity contribution >= 4 is 28.6 Å². The molecule has 1 aromatic carbocycles. The van der Waals surface area contributed by atoms with Crippen molar-refractivity contribution in [2.24, 2.45) is 0 Å². The monoisotopic (exact) mass is 273 g/mol. The lowest BCUT2D eigenvalue weighted by molar-refractivity contribution is 1.18. The minimum Gasteiger partial charge on any atom is -0.378 e. The molecule has 0 radical (unpaired) electrons. The molecule has 0 unspecified atom stereocenters. The van der Waals surface area contributed by atoms with E-state index < -0.39 is 0 Å². The van der Waals surface area contributed by atoms with Crippen LogP contribution in [0.1, 0.15) is 16.0 Å². The lowest BCUT2D eigenvalue weighted by Gasteiger charge is -2.08. The van der Waals surface area contributed by atoms with Crippen molar-refractivity contribution in [2.45, 2.75) is 6.54 Å². The molecular weight excluding hydrogens is 266 g/mol. The Bertz CT molecular complexity index is 617. The molecule has 0 aliphatic carbocycles. The van der Waals surface area contributed by atoms with Gasteiger partial charge in [0.05, 0.1) is 21.2 Å². The van der Waals surface area contributed by atoms with Gasteiger partial charge < -0.3 is 5.32 Å². The van der Waals surface area contributed by atoms with E-state index in [4.69, 9.17) is 22.1 Å². The molecule has 0 spiro atoms. The molecule has 0 saturated carbocycles. The van der Waals surface area contributed by atoms with E-state index in [1.54, 1.807) is 18.2 Å². The molecule has 18 heavy (non-hydrogen) atoms. The van der Waals surface area contributed by atoms with Gasteiger partial charge in [-0.1, -0.05) is 17.7 Å². The number of thiophene rings is 1. The van der Waals surface area contributed by atoms with Crippen LogP contribution in [0.3, 0.4) is 0 Å². The Hall–Kier alpha value is -2.01. The molecule has 3 nitrogen and oxygen atoms in total. The first-order valence-corrected chi connectivity index (χ1v) is 6.35. The van der Waals surface area contributed by atoms with Crippen LogP contribution in [0.5, 0.6) is 0 Å². The Morgan fingerprint density at radius 3 is 2.28 bits per heavy atom. The van der Waals surface area contributed by atoms with Crippen molar-refractivity contribution in [1.82, 2.24) is 0 Å². The third kappa shape index (κ3) is 2.62. The SMILES string of the molecule is N#Cc1cccc(C#N)c1NCc1ccc(Cl)s1. The molecule has 88 valence electrons. The highest BCUT2D eigenvalue weighted by Crippen LogP contribution is 2.24. The zero-order valence-corrected chi connectivity index (χ0v) is 10.8. The smallest absolute Gasteiger partial charge is 0.101 e. The maximum atomic E-state index is 9.02. The number of benzene rings is 1. The predicted molar refractivity (Wildman–Crippen MR) is 72.5 cm³/mol. The van der Waals surface area contributed by atoms with E-state index in [1.165, 1.54) is 11.3 Å². The second kappa shape index (κ2) is 5.55. The fraction of sp³-hybridized carbons (Fsp3) is 0.0769. The summed E-state index contributed by atoms with van der Waals surface area (Å²) in [7, 11) is 0. The Morgan fingerprint density at radius 1 is 1.11 bits per heavy atom. The van der Waals surface area contributed by atoms with E-state index in [2.05, 4.69) is 17.5 Å². The van der Waals surface area contributed by atoms with Crippen LogP contribution in [0.25, 0.3) is 0 Å². The van der Waals surface area contributed by atoms with Crippen molar-refractivity contribution in [3.05, 3.63) is 50.7 Å². The lowest BCUT2D eigenvalue weighted by Crippen LogP contribution is -2.02. The van der Waals surface area contributed by atoms with Gasteiger partial charge in [-0.05, 0) is 24.3 Å². The number of halogens is 1. The molecule has 1 aromatic heterocycles. The third-order valence-corrected chi connectivity index (χ3v) is 3.60. The van der Waals surface area contributed by atoms with Crippen molar-refractivity contribution in [2.75, 3.05) is 5.32 Å². The molecule has 0 fully saturated rings. The fourth-order valence-electron chi connectivity index (χ4n) is 1.55. The Labute approximate surface area is 114 Å². The van der Waals surface area contributed by atoms with Crippen molar-refractivity contribution in [1.29, 1.82) is 10.5 Å². The zero-order valence-electron chi connectivity index (χ0n) is 9.27. The number of nitrogens with zero attached hydrogens (tertiary/aromatic N) is 2. The van der Waals surface area contributed by atoms with Crippen LogP contribution in [-0.4, -0.2) is 0 Å². The van der Waals surface area contributed by atoms with Crippen molar-refractivity contribution < 1.29 is 0 Å². The first kappa shape index (κ1) is 12.4. The number of nitriles is 2. The Morgan fingerprint density at radius 2 is 1.78 bits per heavy atom. The lowest BCUT2D eigenvalue weighted by atomic mass is 10.1. The molecule has 0 aliphatic heterocycles. The number of nitrogens with one attached hydrogen (secondary N) is 1. The zero-order chi connectivity index (χ0) is 13.0. The van der Waals surface area contributed by atoms with Crippen LogP contribution in [0.2, 0.25) is 4.34 Å². The average Bonchev–Trinajstić information content (AvgIpc) is 2.81. The van der Waals surface area contributed by atoms with Gasteiger partial charge in [-0.3, -0.25) is 0 Å². The quantitative estimate of drug-likeness (QED) is 0.926. The highest BCUT2D eigenvalue weighted by molar-refractivity contribution is 7.16. The van der Waals surface area contributed by atoms with E-state index in [0.29, 0.717) is 23.4 Å². The van der Waals surface area contributed by atoms with Gasteiger partial charge in [0.2, 0.25) is 0 Å². The summed E-state index contributed by atoms with van der Waals surface area (Å²) in [6.45, 7) is 0.546. The van der Waals surface area contributed by atoms with E-state index in [-0.39, 0.29) is 0 Å². The van der Waals surface area contributed by atoms with Gasteiger partial charge in [-0.2, -0.15) is 10.5 Å². The van der Waals surface area contributed by atoms with Crippen LogP contribution < -0.4 is 5.32 Å². The minimum atomic E-state index is 0.469. The maximum absolute atomic E-state index is 9.02. The summed E-state index contributed by atoms with van der Waals surface area (Å²) in [5.74, 6) is 0. The molecule has 0 atom stereocenters. The van der Waals surface area contributed by atoms with Gasteiger partial charge in [0.15, 0.2) is 0 Å². The van der Waals surface area contributed by atoms with Crippen molar-refractivity contribution in [3.8, 4) is 12.1 Å². The first-order chi connectivity index (χ1) is 8.74. The van der Waals surface area contributed by atoms with Gasteiger partial charge in [0.25, 0.3) is 0 Å². The van der Waals surface area contributed by atoms with Gasteiger partial charge in [0.1, 0.15) is 12.1 Å². The summed E-state index contributed by atoms with van der Waals surface area (Å²) in [5, 5.41) is 21.2. The topological polar surface area (TPSA) is 59.6 Å². The summed E-state index contributed by atoms with van der Waals surface area (Å²) in [6.07, 6.45) is 0. The van der Waals surface area contributed by atoms with Gasteiger partial charge in [-0.15, -0.1) is 11.3 Å². The molecule has 5 heteroatoms. The molecule has 0 amide bonds. The van der Waals surface area contributed by atoms with E-state index in [1.807, 2.05) is 12.1 Å². The van der Waals surface area contributed by atoms with Gasteiger partial charge >= 0.3 is 0 Å². The Kier molecular flexibility index (Phi) is 3.84. The number of rotatable bonds is 3. The van der Waals surface area contributed by atoms with Crippen LogP contribution in [0.4, 0.5) is 5.69 Å². The molecular formula is C13H8ClN3S. The number of para-hydroxylation sites is 1. The normalized spacial score (nSPS) is 9.50. The largest absolute Gasteiger partial charge is 0.378 e. The molecule has 2 rings (SSSR count). The van der Waals surface area contributed by atoms with E-state index in [9.17, 15) is 0 Å². The van der Waals surface area contributed by atoms with Crippen LogP contribution >= 0.6 is 22.9 Å². The molecule has 0 aliphatic rings. The van der Waals surface area contributed by atoms with Crippen LogP contribution in [0, 0.1) is 22.7 Å². The highest BCUT2D eigenvalue weighted by Gasteiger charge is 2.08. The summed E-state index contributed by atoms with van der Waals surface area (Å²) in [6, 6.07) is 13.0. The fourth-order valence-corrected chi connectivity index (χ4v) is 2.58. The molecule has 0 bridgehead atoms. The first-order valence-electron chi connectivity index (χ1n) is 5.16. The van der Waals surface area contributed by atoms with Crippen molar-refractivity contribution in [3.63, 3.8) is 0 Å². The minimum absolute atomic E-state index is 0.469. The molecule has 2 aromatic rings. The number of hydrogen-bond acceptors (Lipinski definition) is 4. The third-order valence-electron chi connectivity index (χ3n) is 2.37. The van der Waals surface area contributed by atoms with Gasteiger partial charge in [-0.25, -0.2) is 0 Å². The predicted octanol–water partition coefficient (Wildman–Crippen LogP) is 3.76. The summed E-state index contributed by atoms with van der Waals surface area (Å²) in [5.41, 5.74) is 1.51. The van der Waals surface area contributed by atoms with Crippen LogP contribution in [0.15, 0.2) is 30.3 Å². The second-order valence-corrected chi connectivity index (χ2v) is 5.31. The molecule has 1 heterocycles. The second-order valence-electron chi connectivity index (χ2n) is 3.51. The molecule has 1 N–H and O–H groups in total. The van der Waals surface area contributed by atoms with Gasteiger partial charge in [0, 0.05) is 11.4 Å². The van der Waals surface area contributed by atoms with E-state index >= 15 is 0 Å². The maximum Gasteiger partial charge on any atom is 0.101 e. The highest BCUT2D eigenvalue weighted by atomic mass is 35.5.